The van der Waals surface area contributed by atoms with Gasteiger partial charge in [-0.15, -0.1) is 0 Å². The molecule has 7 heteroatoms. The number of ether oxygens (including phenoxy) is 1. The third-order valence-electron chi connectivity index (χ3n) is 4.38. The fourth-order valence-corrected chi connectivity index (χ4v) is 3.07. The summed E-state index contributed by atoms with van der Waals surface area (Å²) < 4.78 is 43.0. The van der Waals surface area contributed by atoms with E-state index in [4.69, 9.17) is 4.74 Å². The highest BCUT2D eigenvalue weighted by atomic mass is 19.4. The number of rotatable bonds is 5. The van der Waals surface area contributed by atoms with Crippen LogP contribution in [0, 0.1) is 0 Å². The standard InChI is InChI=1S/C15H25F3N2O2/c1-11-8-20(9-12(2)22-11)14(21)10-19(13-4-3-5-13)7-6-15(16,17)18/h11-13H,3-10H2,1-2H3/t11-,12-/m1/s1. The number of hydrogen-bond acceptors (Lipinski definition) is 3. The van der Waals surface area contributed by atoms with E-state index < -0.39 is 12.6 Å². The first-order chi connectivity index (χ1) is 10.2. The molecule has 0 N–H and O–H groups in total. The van der Waals surface area contributed by atoms with Crippen LogP contribution >= 0.6 is 0 Å². The maximum Gasteiger partial charge on any atom is 0.390 e. The summed E-state index contributed by atoms with van der Waals surface area (Å²) in [6.07, 6.45) is -2.27. The van der Waals surface area contributed by atoms with Crippen molar-refractivity contribution < 1.29 is 22.7 Å². The van der Waals surface area contributed by atoms with Crippen molar-refractivity contribution in [1.29, 1.82) is 0 Å². The van der Waals surface area contributed by atoms with Gasteiger partial charge in [-0.1, -0.05) is 6.42 Å². The lowest BCUT2D eigenvalue weighted by Crippen LogP contribution is -2.53. The zero-order valence-corrected chi connectivity index (χ0v) is 13.2. The van der Waals surface area contributed by atoms with Crippen LogP contribution in [0.3, 0.4) is 0 Å². The van der Waals surface area contributed by atoms with Crippen LogP contribution in [-0.2, 0) is 9.53 Å². The SMILES string of the molecule is C[C@@H]1CN(C(=O)CN(CCC(F)(F)F)C2CCC2)C[C@@H](C)O1. The number of amides is 1. The fraction of sp³-hybridized carbons (Fsp3) is 0.933. The van der Waals surface area contributed by atoms with Crippen molar-refractivity contribution in [1.82, 2.24) is 9.80 Å². The first kappa shape index (κ1) is 17.5. The van der Waals surface area contributed by atoms with Crippen LogP contribution in [0.15, 0.2) is 0 Å². The molecule has 0 radical (unpaired) electrons. The summed E-state index contributed by atoms with van der Waals surface area (Å²) in [5, 5.41) is 0. The largest absolute Gasteiger partial charge is 0.390 e. The number of halogens is 3. The summed E-state index contributed by atoms with van der Waals surface area (Å²) in [7, 11) is 0. The average molecular weight is 322 g/mol. The number of carbonyl (C=O) groups excluding carboxylic acids is 1. The highest BCUT2D eigenvalue weighted by Crippen LogP contribution is 2.27. The average Bonchev–Trinajstić information content (AvgIpc) is 2.31. The maximum atomic E-state index is 12.5. The summed E-state index contributed by atoms with van der Waals surface area (Å²) in [6, 6.07) is 0.127. The second-order valence-corrected chi connectivity index (χ2v) is 6.48. The van der Waals surface area contributed by atoms with E-state index in [1.54, 1.807) is 9.80 Å². The second-order valence-electron chi connectivity index (χ2n) is 6.48. The van der Waals surface area contributed by atoms with Gasteiger partial charge in [-0.05, 0) is 26.7 Å². The number of alkyl halides is 3. The Kier molecular flexibility index (Phi) is 5.71. The van der Waals surface area contributed by atoms with Gasteiger partial charge in [0.05, 0.1) is 25.2 Å². The molecule has 0 aromatic rings. The monoisotopic (exact) mass is 322 g/mol. The molecule has 2 fully saturated rings. The minimum atomic E-state index is -4.17. The van der Waals surface area contributed by atoms with Crippen molar-refractivity contribution in [3.05, 3.63) is 0 Å². The maximum absolute atomic E-state index is 12.5. The van der Waals surface area contributed by atoms with E-state index in [1.807, 2.05) is 13.8 Å². The van der Waals surface area contributed by atoms with Crippen LogP contribution in [-0.4, -0.2) is 66.3 Å². The van der Waals surface area contributed by atoms with Crippen molar-refractivity contribution in [3.8, 4) is 0 Å². The molecule has 0 aromatic carbocycles. The fourth-order valence-electron chi connectivity index (χ4n) is 3.07. The van der Waals surface area contributed by atoms with Crippen molar-refractivity contribution in [3.63, 3.8) is 0 Å². The Morgan fingerprint density at radius 2 is 1.82 bits per heavy atom. The van der Waals surface area contributed by atoms with Crippen molar-refractivity contribution >= 4 is 5.91 Å². The van der Waals surface area contributed by atoms with Gasteiger partial charge in [0, 0.05) is 25.7 Å². The van der Waals surface area contributed by atoms with Gasteiger partial charge in [0.1, 0.15) is 0 Å². The van der Waals surface area contributed by atoms with Gasteiger partial charge >= 0.3 is 6.18 Å². The Morgan fingerprint density at radius 1 is 1.23 bits per heavy atom. The lowest BCUT2D eigenvalue weighted by atomic mass is 9.91. The Morgan fingerprint density at radius 3 is 2.27 bits per heavy atom. The smallest absolute Gasteiger partial charge is 0.372 e. The Bertz CT molecular complexity index is 375. The number of morpholine rings is 1. The molecule has 1 heterocycles. The lowest BCUT2D eigenvalue weighted by molar-refractivity contribution is -0.150. The van der Waals surface area contributed by atoms with Gasteiger partial charge in [-0.25, -0.2) is 0 Å². The molecule has 2 aliphatic rings. The number of carbonyl (C=O) groups is 1. The molecule has 0 bridgehead atoms. The molecule has 1 saturated carbocycles. The van der Waals surface area contributed by atoms with Crippen LogP contribution in [0.25, 0.3) is 0 Å². The van der Waals surface area contributed by atoms with Crippen LogP contribution in [0.4, 0.5) is 13.2 Å². The molecule has 128 valence electrons. The van der Waals surface area contributed by atoms with Gasteiger partial charge in [0.25, 0.3) is 0 Å². The Balaban J connectivity index is 1.89. The summed E-state index contributed by atoms with van der Waals surface area (Å²) in [5.74, 6) is -0.0870. The summed E-state index contributed by atoms with van der Waals surface area (Å²) >= 11 is 0. The number of nitrogens with zero attached hydrogens (tertiary/aromatic N) is 2. The van der Waals surface area contributed by atoms with Crippen LogP contribution in [0.5, 0.6) is 0 Å². The van der Waals surface area contributed by atoms with Crippen LogP contribution in [0.2, 0.25) is 0 Å². The van der Waals surface area contributed by atoms with E-state index in [9.17, 15) is 18.0 Å². The summed E-state index contributed by atoms with van der Waals surface area (Å²) in [6.45, 7) is 4.84. The van der Waals surface area contributed by atoms with E-state index >= 15 is 0 Å². The minimum Gasteiger partial charge on any atom is -0.372 e. The normalized spacial score (nSPS) is 27.1. The van der Waals surface area contributed by atoms with E-state index in [0.717, 1.165) is 19.3 Å². The van der Waals surface area contributed by atoms with Gasteiger partial charge in [-0.2, -0.15) is 13.2 Å². The molecule has 4 nitrogen and oxygen atoms in total. The summed E-state index contributed by atoms with van der Waals surface area (Å²) in [5.41, 5.74) is 0. The van der Waals surface area contributed by atoms with Gasteiger partial charge in [0.15, 0.2) is 0 Å². The predicted molar refractivity (Wildman–Crippen MR) is 76.5 cm³/mol. The molecule has 1 aliphatic heterocycles. The Hall–Kier alpha value is -0.820. The zero-order chi connectivity index (χ0) is 16.3. The first-order valence-corrected chi connectivity index (χ1v) is 7.98. The number of hydrogen-bond donors (Lipinski definition) is 0. The molecule has 22 heavy (non-hydrogen) atoms. The molecule has 2 atom stereocenters. The second kappa shape index (κ2) is 7.17. The van der Waals surface area contributed by atoms with Gasteiger partial charge in [0.2, 0.25) is 5.91 Å². The topological polar surface area (TPSA) is 32.8 Å². The highest BCUT2D eigenvalue weighted by molar-refractivity contribution is 5.78. The molecular formula is C15H25F3N2O2. The van der Waals surface area contributed by atoms with E-state index in [1.165, 1.54) is 0 Å². The van der Waals surface area contributed by atoms with E-state index in [2.05, 4.69) is 0 Å². The van der Waals surface area contributed by atoms with E-state index in [-0.39, 0.29) is 37.2 Å². The van der Waals surface area contributed by atoms with Crippen LogP contribution in [0.1, 0.15) is 39.5 Å². The van der Waals surface area contributed by atoms with Crippen LogP contribution < -0.4 is 0 Å². The molecule has 1 saturated heterocycles. The molecular weight excluding hydrogens is 297 g/mol. The van der Waals surface area contributed by atoms with E-state index in [0.29, 0.717) is 13.1 Å². The molecule has 1 amide bonds. The zero-order valence-electron chi connectivity index (χ0n) is 13.2. The van der Waals surface area contributed by atoms with Gasteiger partial charge in [-0.3, -0.25) is 9.69 Å². The predicted octanol–water partition coefficient (Wildman–Crippen LogP) is 2.43. The van der Waals surface area contributed by atoms with Crippen molar-refractivity contribution in [2.24, 2.45) is 0 Å². The minimum absolute atomic E-state index is 0.0278. The quantitative estimate of drug-likeness (QED) is 0.779. The Labute approximate surface area is 129 Å². The highest BCUT2D eigenvalue weighted by Gasteiger charge is 2.34. The first-order valence-electron chi connectivity index (χ1n) is 7.98. The molecule has 2 rings (SSSR count). The molecule has 0 unspecified atom stereocenters. The lowest BCUT2D eigenvalue weighted by Gasteiger charge is -2.40. The molecule has 0 aromatic heterocycles. The summed E-state index contributed by atoms with van der Waals surface area (Å²) in [4.78, 5) is 15.8. The molecule has 1 aliphatic carbocycles. The third-order valence-corrected chi connectivity index (χ3v) is 4.38. The van der Waals surface area contributed by atoms with Crippen molar-refractivity contribution in [2.75, 3.05) is 26.2 Å². The van der Waals surface area contributed by atoms with Crippen molar-refractivity contribution in [2.45, 2.75) is 64.0 Å². The third kappa shape index (κ3) is 5.12. The molecule has 0 spiro atoms. The van der Waals surface area contributed by atoms with Gasteiger partial charge < -0.3 is 9.64 Å².